The van der Waals surface area contributed by atoms with Crippen molar-refractivity contribution >= 4 is 18.5 Å². The Labute approximate surface area is 155 Å². The topological polar surface area (TPSA) is 0 Å². The minimum atomic E-state index is -0.278. The average Bonchev–Trinajstić information content (AvgIpc) is 2.79. The first-order valence-electron chi connectivity index (χ1n) is 9.79. The van der Waals surface area contributed by atoms with Crippen molar-refractivity contribution < 1.29 is 0 Å². The van der Waals surface area contributed by atoms with Crippen LogP contribution < -0.4 is 10.6 Å². The lowest BCUT2D eigenvalue weighted by molar-refractivity contribution is 0.352. The Morgan fingerprint density at radius 2 is 0.960 bits per heavy atom. The smallest absolute Gasteiger partial charge is 0.0195 e. The van der Waals surface area contributed by atoms with E-state index in [2.05, 4.69) is 90.1 Å². The van der Waals surface area contributed by atoms with Gasteiger partial charge >= 0.3 is 0 Å². The molecule has 1 aliphatic rings. The molecule has 0 aromatic heterocycles. The molecule has 1 heteroatoms. The van der Waals surface area contributed by atoms with Crippen molar-refractivity contribution in [2.75, 3.05) is 6.16 Å². The number of benzene rings is 2. The molecule has 0 bridgehead atoms. The maximum absolute atomic E-state index is 2.49. The highest BCUT2D eigenvalue weighted by Crippen LogP contribution is 2.50. The molecule has 134 valence electrons. The SMILES string of the molecule is Cc1ccc(P(CC2C(C)C(C)C(C)C2C)c2ccc(C)cc2)cc1. The predicted molar refractivity (Wildman–Crippen MR) is 114 cm³/mol. The van der Waals surface area contributed by atoms with Crippen molar-refractivity contribution in [1.82, 2.24) is 0 Å². The molecule has 4 atom stereocenters. The molecule has 0 N–H and O–H groups in total. The van der Waals surface area contributed by atoms with Gasteiger partial charge in [0, 0.05) is 0 Å². The second kappa shape index (κ2) is 7.63. The largest absolute Gasteiger partial charge is 0.0620 e. The minimum Gasteiger partial charge on any atom is -0.0620 e. The van der Waals surface area contributed by atoms with Crippen molar-refractivity contribution in [2.24, 2.45) is 29.6 Å². The molecular formula is C24H33P. The summed E-state index contributed by atoms with van der Waals surface area (Å²) in [6.45, 7) is 14.3. The van der Waals surface area contributed by atoms with Gasteiger partial charge in [-0.05, 0) is 68.1 Å². The summed E-state index contributed by atoms with van der Waals surface area (Å²) < 4.78 is 0. The predicted octanol–water partition coefficient (Wildman–Crippen LogP) is 5.91. The Morgan fingerprint density at radius 1 is 0.600 bits per heavy atom. The molecule has 2 aromatic rings. The van der Waals surface area contributed by atoms with Gasteiger partial charge in [-0.2, -0.15) is 0 Å². The maximum Gasteiger partial charge on any atom is -0.0195 e. The third-order valence-corrected chi connectivity index (χ3v) is 9.55. The van der Waals surface area contributed by atoms with Crippen LogP contribution in [-0.4, -0.2) is 6.16 Å². The van der Waals surface area contributed by atoms with Crippen LogP contribution in [0.1, 0.15) is 38.8 Å². The van der Waals surface area contributed by atoms with Gasteiger partial charge in [0.15, 0.2) is 0 Å². The van der Waals surface area contributed by atoms with Crippen LogP contribution in [0.15, 0.2) is 48.5 Å². The molecule has 1 aliphatic carbocycles. The molecule has 1 saturated carbocycles. The van der Waals surface area contributed by atoms with Crippen LogP contribution in [0.3, 0.4) is 0 Å². The van der Waals surface area contributed by atoms with Crippen LogP contribution >= 0.6 is 7.92 Å². The summed E-state index contributed by atoms with van der Waals surface area (Å²) >= 11 is 0. The van der Waals surface area contributed by atoms with E-state index in [1.165, 1.54) is 27.9 Å². The van der Waals surface area contributed by atoms with E-state index in [1.54, 1.807) is 0 Å². The van der Waals surface area contributed by atoms with Crippen molar-refractivity contribution in [2.45, 2.75) is 41.5 Å². The summed E-state index contributed by atoms with van der Waals surface area (Å²) in [5.74, 6) is 4.16. The molecule has 0 heterocycles. The summed E-state index contributed by atoms with van der Waals surface area (Å²) in [7, 11) is -0.278. The maximum atomic E-state index is 2.49. The first-order chi connectivity index (χ1) is 11.9. The number of rotatable bonds is 4. The summed E-state index contributed by atoms with van der Waals surface area (Å²) in [6.07, 6.45) is 1.33. The normalized spacial score (nSPS) is 29.3. The van der Waals surface area contributed by atoms with Crippen LogP contribution in [0.2, 0.25) is 0 Å². The fourth-order valence-corrected chi connectivity index (χ4v) is 7.39. The first-order valence-corrected chi connectivity index (χ1v) is 11.3. The van der Waals surface area contributed by atoms with Gasteiger partial charge in [0.25, 0.3) is 0 Å². The molecule has 0 radical (unpaired) electrons. The molecule has 0 nitrogen and oxygen atoms in total. The Morgan fingerprint density at radius 3 is 1.32 bits per heavy atom. The fourth-order valence-electron chi connectivity index (χ4n) is 4.57. The zero-order chi connectivity index (χ0) is 18.1. The first kappa shape index (κ1) is 18.7. The molecule has 0 amide bonds. The highest BCUT2D eigenvalue weighted by Gasteiger charge is 2.42. The average molecular weight is 353 g/mol. The van der Waals surface area contributed by atoms with E-state index in [0.29, 0.717) is 0 Å². The van der Waals surface area contributed by atoms with E-state index in [4.69, 9.17) is 0 Å². The highest BCUT2D eigenvalue weighted by atomic mass is 31.1. The lowest BCUT2D eigenvalue weighted by Gasteiger charge is -2.28. The Bertz CT molecular complexity index is 626. The van der Waals surface area contributed by atoms with Gasteiger partial charge in [-0.1, -0.05) is 87.4 Å². The molecule has 0 aliphatic heterocycles. The zero-order valence-electron chi connectivity index (χ0n) is 16.7. The van der Waals surface area contributed by atoms with E-state index in [0.717, 1.165) is 29.6 Å². The quantitative estimate of drug-likeness (QED) is 0.600. The number of hydrogen-bond donors (Lipinski definition) is 0. The van der Waals surface area contributed by atoms with Crippen LogP contribution in [0.4, 0.5) is 0 Å². The van der Waals surface area contributed by atoms with Gasteiger partial charge in [0.1, 0.15) is 0 Å². The summed E-state index contributed by atoms with van der Waals surface area (Å²) in [4.78, 5) is 0. The second-order valence-corrected chi connectivity index (χ2v) is 10.6. The van der Waals surface area contributed by atoms with E-state index in [9.17, 15) is 0 Å². The van der Waals surface area contributed by atoms with E-state index < -0.39 is 0 Å². The van der Waals surface area contributed by atoms with Crippen molar-refractivity contribution in [3.8, 4) is 0 Å². The van der Waals surface area contributed by atoms with Gasteiger partial charge in [-0.3, -0.25) is 0 Å². The third-order valence-electron chi connectivity index (χ3n) is 6.92. The lowest BCUT2D eigenvalue weighted by atomic mass is 9.91. The third kappa shape index (κ3) is 3.85. The molecule has 3 rings (SSSR count). The summed E-state index contributed by atoms with van der Waals surface area (Å²) in [6, 6.07) is 18.6. The van der Waals surface area contributed by atoms with Crippen molar-refractivity contribution in [1.29, 1.82) is 0 Å². The highest BCUT2D eigenvalue weighted by molar-refractivity contribution is 7.73. The number of hydrogen-bond acceptors (Lipinski definition) is 0. The Balaban J connectivity index is 1.94. The van der Waals surface area contributed by atoms with Gasteiger partial charge < -0.3 is 0 Å². The number of aryl methyl sites for hydroxylation is 2. The summed E-state index contributed by atoms with van der Waals surface area (Å²) in [5.41, 5.74) is 2.71. The molecule has 1 fully saturated rings. The van der Waals surface area contributed by atoms with Crippen molar-refractivity contribution in [3.05, 3.63) is 59.7 Å². The monoisotopic (exact) mass is 352 g/mol. The Hall–Kier alpha value is -1.13. The van der Waals surface area contributed by atoms with E-state index >= 15 is 0 Å². The van der Waals surface area contributed by atoms with Crippen LogP contribution in [0.5, 0.6) is 0 Å². The molecule has 2 aromatic carbocycles. The van der Waals surface area contributed by atoms with Crippen LogP contribution in [-0.2, 0) is 0 Å². The van der Waals surface area contributed by atoms with Gasteiger partial charge in [-0.25, -0.2) is 0 Å². The van der Waals surface area contributed by atoms with Crippen LogP contribution in [0.25, 0.3) is 0 Å². The van der Waals surface area contributed by atoms with Crippen molar-refractivity contribution in [3.63, 3.8) is 0 Å². The molecule has 25 heavy (non-hydrogen) atoms. The zero-order valence-corrected chi connectivity index (χ0v) is 17.6. The Kier molecular flexibility index (Phi) is 5.69. The van der Waals surface area contributed by atoms with E-state index in [1.807, 2.05) is 0 Å². The fraction of sp³-hybridized carbons (Fsp3) is 0.500. The molecular weight excluding hydrogens is 319 g/mol. The molecule has 4 unspecified atom stereocenters. The molecule has 0 saturated heterocycles. The van der Waals surface area contributed by atoms with E-state index in [-0.39, 0.29) is 7.92 Å². The van der Waals surface area contributed by atoms with Crippen LogP contribution in [0, 0.1) is 43.4 Å². The standard InChI is InChI=1S/C24H33P/c1-16-7-11-22(12-8-16)25(23-13-9-17(2)10-14-23)15-24-20(5)18(3)19(4)21(24)6/h7-14,18-21,24H,15H2,1-6H3. The lowest BCUT2D eigenvalue weighted by Crippen LogP contribution is -2.23. The molecule has 0 spiro atoms. The summed E-state index contributed by atoms with van der Waals surface area (Å²) in [5, 5.41) is 3.08. The second-order valence-electron chi connectivity index (χ2n) is 8.38. The van der Waals surface area contributed by atoms with Gasteiger partial charge in [0.05, 0.1) is 0 Å². The van der Waals surface area contributed by atoms with Gasteiger partial charge in [-0.15, -0.1) is 0 Å². The van der Waals surface area contributed by atoms with Gasteiger partial charge in [0.2, 0.25) is 0 Å². The minimum absolute atomic E-state index is 0.278.